The Hall–Kier alpha value is -2.86. The van der Waals surface area contributed by atoms with Crippen LogP contribution >= 0.6 is 11.3 Å². The number of Topliss-reactive ketones (excluding diaryl/α,β-unsaturated/α-hetero) is 1. The summed E-state index contributed by atoms with van der Waals surface area (Å²) in [6.07, 6.45) is 2.00. The van der Waals surface area contributed by atoms with E-state index in [0.29, 0.717) is 16.1 Å². The fourth-order valence-corrected chi connectivity index (χ4v) is 3.32. The van der Waals surface area contributed by atoms with Gasteiger partial charge in [-0.1, -0.05) is 37.6 Å². The van der Waals surface area contributed by atoms with Gasteiger partial charge < -0.3 is 4.74 Å². The molecule has 1 aromatic heterocycles. The highest BCUT2D eigenvalue weighted by atomic mass is 32.1. The van der Waals surface area contributed by atoms with Crippen LogP contribution in [0.25, 0.3) is 10.6 Å². The number of nitrogens with zero attached hydrogens (tertiary/aromatic N) is 1. The molecule has 0 amide bonds. The van der Waals surface area contributed by atoms with E-state index in [9.17, 15) is 14.0 Å². The summed E-state index contributed by atoms with van der Waals surface area (Å²) in [4.78, 5) is 28.5. The number of halogens is 1. The normalized spacial score (nSPS) is 10.6. The number of aryl methyl sites for hydroxylation is 1. The number of ether oxygens (including phenoxy) is 1. The van der Waals surface area contributed by atoms with Gasteiger partial charge in [0.2, 0.25) is 0 Å². The number of thiazole rings is 1. The van der Waals surface area contributed by atoms with E-state index in [-0.39, 0.29) is 23.9 Å². The largest absolute Gasteiger partial charge is 0.453 e. The van der Waals surface area contributed by atoms with E-state index in [1.165, 1.54) is 29.0 Å². The molecular formula is C21H18FNO3S. The lowest BCUT2D eigenvalue weighted by atomic mass is 10.1. The predicted octanol–water partition coefficient (Wildman–Crippen LogP) is 4.94. The van der Waals surface area contributed by atoms with Crippen molar-refractivity contribution in [3.8, 4) is 10.6 Å². The van der Waals surface area contributed by atoms with Crippen molar-refractivity contribution in [3.05, 3.63) is 76.5 Å². The maximum Gasteiger partial charge on any atom is 0.358 e. The Morgan fingerprint density at radius 3 is 2.44 bits per heavy atom. The van der Waals surface area contributed by atoms with Gasteiger partial charge in [0.05, 0.1) is 0 Å². The van der Waals surface area contributed by atoms with Gasteiger partial charge in [0, 0.05) is 16.5 Å². The molecule has 0 radical (unpaired) electrons. The van der Waals surface area contributed by atoms with Crippen LogP contribution in [-0.2, 0) is 11.2 Å². The average Bonchev–Trinajstić information content (AvgIpc) is 3.17. The number of hydrogen-bond acceptors (Lipinski definition) is 5. The quantitative estimate of drug-likeness (QED) is 0.428. The molecule has 0 unspecified atom stereocenters. The van der Waals surface area contributed by atoms with E-state index in [1.54, 1.807) is 29.6 Å². The lowest BCUT2D eigenvalue weighted by Crippen LogP contribution is -2.14. The van der Waals surface area contributed by atoms with Crippen LogP contribution in [0.5, 0.6) is 0 Å². The van der Waals surface area contributed by atoms with Crippen molar-refractivity contribution >= 4 is 23.1 Å². The molecule has 0 fully saturated rings. The van der Waals surface area contributed by atoms with Gasteiger partial charge in [0.15, 0.2) is 18.1 Å². The third-order valence-electron chi connectivity index (χ3n) is 3.95. The van der Waals surface area contributed by atoms with Gasteiger partial charge in [-0.3, -0.25) is 4.79 Å². The van der Waals surface area contributed by atoms with Crippen LogP contribution in [0.3, 0.4) is 0 Å². The van der Waals surface area contributed by atoms with Crippen LogP contribution < -0.4 is 0 Å². The fourth-order valence-electron chi connectivity index (χ4n) is 2.53. The number of hydrogen-bond donors (Lipinski definition) is 0. The summed E-state index contributed by atoms with van der Waals surface area (Å²) in [5, 5.41) is 2.14. The van der Waals surface area contributed by atoms with Crippen LogP contribution in [0.1, 0.15) is 39.8 Å². The monoisotopic (exact) mass is 383 g/mol. The molecule has 0 spiro atoms. The summed E-state index contributed by atoms with van der Waals surface area (Å²) in [5.41, 5.74) is 2.52. The molecular weight excluding hydrogens is 365 g/mol. The van der Waals surface area contributed by atoms with Crippen molar-refractivity contribution in [1.29, 1.82) is 0 Å². The number of esters is 1. The Kier molecular flexibility index (Phi) is 6.08. The Labute approximate surface area is 160 Å². The second kappa shape index (κ2) is 8.68. The van der Waals surface area contributed by atoms with Crippen LogP contribution in [-0.4, -0.2) is 23.3 Å². The van der Waals surface area contributed by atoms with Crippen molar-refractivity contribution in [2.45, 2.75) is 19.8 Å². The maximum atomic E-state index is 13.0. The van der Waals surface area contributed by atoms with Gasteiger partial charge in [-0.05, 0) is 36.2 Å². The number of benzene rings is 2. The van der Waals surface area contributed by atoms with Crippen LogP contribution in [0, 0.1) is 5.82 Å². The summed E-state index contributed by atoms with van der Waals surface area (Å²) >= 11 is 1.25. The molecule has 3 aromatic rings. The highest BCUT2D eigenvalue weighted by Crippen LogP contribution is 2.24. The SMILES string of the molecule is CCCc1ccc(C(=O)COC(=O)c2csc(-c3ccc(F)cc3)n2)cc1. The number of carbonyl (C=O) groups is 2. The Balaban J connectivity index is 1.59. The number of carbonyl (C=O) groups excluding carboxylic acids is 2. The summed E-state index contributed by atoms with van der Waals surface area (Å²) in [7, 11) is 0. The van der Waals surface area contributed by atoms with Gasteiger partial charge >= 0.3 is 5.97 Å². The van der Waals surface area contributed by atoms with Gasteiger partial charge in [0.25, 0.3) is 0 Å². The van der Waals surface area contributed by atoms with Crippen molar-refractivity contribution < 1.29 is 18.7 Å². The van der Waals surface area contributed by atoms with Gasteiger partial charge in [0.1, 0.15) is 10.8 Å². The minimum atomic E-state index is -0.657. The van der Waals surface area contributed by atoms with Crippen molar-refractivity contribution in [3.63, 3.8) is 0 Å². The zero-order chi connectivity index (χ0) is 19.2. The third-order valence-corrected chi connectivity index (χ3v) is 4.84. The van der Waals surface area contributed by atoms with Gasteiger partial charge in [-0.2, -0.15) is 0 Å². The van der Waals surface area contributed by atoms with E-state index in [4.69, 9.17) is 4.74 Å². The third kappa shape index (κ3) is 4.86. The second-order valence-electron chi connectivity index (χ2n) is 5.99. The number of ketones is 1. The zero-order valence-electron chi connectivity index (χ0n) is 14.8. The Bertz CT molecular complexity index is 933. The van der Waals surface area contributed by atoms with E-state index in [2.05, 4.69) is 11.9 Å². The zero-order valence-corrected chi connectivity index (χ0v) is 15.6. The van der Waals surface area contributed by atoms with Crippen molar-refractivity contribution in [1.82, 2.24) is 4.98 Å². The molecule has 0 N–H and O–H groups in total. The number of rotatable bonds is 7. The fraction of sp³-hybridized carbons (Fsp3) is 0.190. The number of aromatic nitrogens is 1. The Morgan fingerprint density at radius 1 is 1.07 bits per heavy atom. The summed E-state index contributed by atoms with van der Waals surface area (Å²) in [5.74, 6) is -1.26. The standard InChI is InChI=1S/C21H18FNO3S/c1-2-3-14-4-6-15(7-5-14)19(24)12-26-21(25)18-13-27-20(23-18)16-8-10-17(22)11-9-16/h4-11,13H,2-3,12H2,1H3. The van der Waals surface area contributed by atoms with E-state index >= 15 is 0 Å². The maximum absolute atomic E-state index is 13.0. The molecule has 0 aliphatic rings. The minimum absolute atomic E-state index is 0.130. The molecule has 3 rings (SSSR count). The minimum Gasteiger partial charge on any atom is -0.453 e. The molecule has 138 valence electrons. The van der Waals surface area contributed by atoms with Gasteiger partial charge in [-0.15, -0.1) is 11.3 Å². The molecule has 0 atom stereocenters. The second-order valence-corrected chi connectivity index (χ2v) is 6.85. The highest BCUT2D eigenvalue weighted by Gasteiger charge is 2.16. The summed E-state index contributed by atoms with van der Waals surface area (Å²) in [6, 6.07) is 13.2. The van der Waals surface area contributed by atoms with Crippen molar-refractivity contribution in [2.75, 3.05) is 6.61 Å². The van der Waals surface area contributed by atoms with E-state index in [0.717, 1.165) is 12.8 Å². The lowest BCUT2D eigenvalue weighted by Gasteiger charge is -2.04. The molecule has 1 heterocycles. The molecule has 0 aliphatic heterocycles. The lowest BCUT2D eigenvalue weighted by molar-refractivity contribution is 0.0470. The molecule has 0 saturated heterocycles. The smallest absolute Gasteiger partial charge is 0.358 e. The molecule has 2 aromatic carbocycles. The molecule has 4 nitrogen and oxygen atoms in total. The van der Waals surface area contributed by atoms with Crippen molar-refractivity contribution in [2.24, 2.45) is 0 Å². The van der Waals surface area contributed by atoms with Crippen LogP contribution in [0.2, 0.25) is 0 Å². The first-order valence-electron chi connectivity index (χ1n) is 8.57. The van der Waals surface area contributed by atoms with Gasteiger partial charge in [-0.25, -0.2) is 14.2 Å². The first-order valence-corrected chi connectivity index (χ1v) is 9.45. The molecule has 0 saturated carbocycles. The van der Waals surface area contributed by atoms with Crippen LogP contribution in [0.15, 0.2) is 53.9 Å². The molecule has 6 heteroatoms. The first kappa shape index (κ1) is 18.9. The van der Waals surface area contributed by atoms with E-state index < -0.39 is 5.97 Å². The summed E-state index contributed by atoms with van der Waals surface area (Å²) in [6.45, 7) is 1.76. The first-order chi connectivity index (χ1) is 13.1. The van der Waals surface area contributed by atoms with E-state index in [1.807, 2.05) is 12.1 Å². The van der Waals surface area contributed by atoms with Crippen LogP contribution in [0.4, 0.5) is 4.39 Å². The molecule has 27 heavy (non-hydrogen) atoms. The highest BCUT2D eigenvalue weighted by molar-refractivity contribution is 7.13. The summed E-state index contributed by atoms with van der Waals surface area (Å²) < 4.78 is 18.1. The Morgan fingerprint density at radius 2 is 1.78 bits per heavy atom. The molecule has 0 bridgehead atoms. The molecule has 0 aliphatic carbocycles. The average molecular weight is 383 g/mol. The topological polar surface area (TPSA) is 56.3 Å². The predicted molar refractivity (Wildman–Crippen MR) is 103 cm³/mol.